The summed E-state index contributed by atoms with van der Waals surface area (Å²) < 4.78 is 13.3. The number of rotatable bonds is 6. The monoisotopic (exact) mass is 708 g/mol. The van der Waals surface area contributed by atoms with E-state index in [2.05, 4.69) is 83.8 Å². The Bertz CT molecular complexity index is 3110. The van der Waals surface area contributed by atoms with Gasteiger partial charge in [-0.05, 0) is 36.4 Å². The molecule has 55 heavy (non-hydrogen) atoms. The second-order valence-electron chi connectivity index (χ2n) is 13.3. The highest BCUT2D eigenvalue weighted by atomic mass is 16.3. The summed E-state index contributed by atoms with van der Waals surface area (Å²) in [6.45, 7) is 0. The minimum absolute atomic E-state index is 0.139. The second-order valence-corrected chi connectivity index (χ2v) is 13.3. The van der Waals surface area contributed by atoms with E-state index in [1.54, 1.807) is 0 Å². The smallest absolute Gasteiger partial charge is 0.161 e. The molecule has 6 heteroatoms. The number of fused-ring (bicyclic) bond motifs is 8. The van der Waals surface area contributed by atoms with Gasteiger partial charge in [0.1, 0.15) is 16.7 Å². The minimum Gasteiger partial charge on any atom is -0.455 e. The number of amidine groups is 2. The Morgan fingerprint density at radius 3 is 1.85 bits per heavy atom. The normalized spacial score (nSPS) is 12.1. The van der Waals surface area contributed by atoms with E-state index in [9.17, 15) is 0 Å². The fourth-order valence-electron chi connectivity index (χ4n) is 7.49. The number of anilines is 3. The highest BCUT2D eigenvalue weighted by Crippen LogP contribution is 2.47. The molecule has 0 atom stereocenters. The van der Waals surface area contributed by atoms with Crippen molar-refractivity contribution >= 4 is 89.6 Å². The molecule has 260 valence electrons. The van der Waals surface area contributed by atoms with Gasteiger partial charge in [0.05, 0.1) is 11.4 Å². The summed E-state index contributed by atoms with van der Waals surface area (Å²) in [6, 6.07) is 60.9. The molecule has 0 unspecified atom stereocenters. The zero-order valence-corrected chi connectivity index (χ0v) is 29.6. The van der Waals surface area contributed by atoms with E-state index in [1.165, 1.54) is 0 Å². The van der Waals surface area contributed by atoms with E-state index in [4.69, 9.17) is 24.2 Å². The lowest BCUT2D eigenvalue weighted by Gasteiger charge is -2.27. The zero-order valence-electron chi connectivity index (χ0n) is 29.6. The molecule has 0 radical (unpaired) electrons. The standard InChI is InChI=1S/C49H32N4O2/c50-48(32-16-4-1-5-17-32)52-49(33-18-6-2-7-19-33)51-31-34-20-14-29-44-45(34)40-30-42(36-23-10-11-25-38(36)46(40)55-44)53(35-21-8-3-9-22-35)41-27-15-26-39-37-24-12-13-28-43(37)54-47(39)41/h1-31,50H/b50-48?,51-31+,52-49-. The number of hydrogen-bond acceptors (Lipinski definition) is 4. The van der Waals surface area contributed by atoms with Crippen LogP contribution < -0.4 is 4.90 Å². The van der Waals surface area contributed by atoms with Crippen LogP contribution in [0.2, 0.25) is 0 Å². The van der Waals surface area contributed by atoms with Crippen molar-refractivity contribution < 1.29 is 8.83 Å². The molecule has 0 amide bonds. The first kappa shape index (κ1) is 32.1. The summed E-state index contributed by atoms with van der Waals surface area (Å²) in [7, 11) is 0. The highest BCUT2D eigenvalue weighted by Gasteiger charge is 2.24. The summed E-state index contributed by atoms with van der Waals surface area (Å²) in [5.41, 5.74) is 8.54. The quantitative estimate of drug-likeness (QED) is 0.138. The van der Waals surface area contributed by atoms with Crippen LogP contribution in [-0.4, -0.2) is 17.9 Å². The molecule has 0 saturated carbocycles. The van der Waals surface area contributed by atoms with E-state index >= 15 is 0 Å². The van der Waals surface area contributed by atoms with E-state index in [-0.39, 0.29) is 5.84 Å². The van der Waals surface area contributed by atoms with Crippen LogP contribution in [0.5, 0.6) is 0 Å². The lowest BCUT2D eigenvalue weighted by molar-refractivity contribution is 0.669. The molecule has 0 spiro atoms. The van der Waals surface area contributed by atoms with Crippen LogP contribution in [-0.2, 0) is 0 Å². The van der Waals surface area contributed by atoms with Gasteiger partial charge in [-0.3, -0.25) is 5.41 Å². The van der Waals surface area contributed by atoms with Crippen molar-refractivity contribution in [2.45, 2.75) is 0 Å². The molecule has 10 rings (SSSR count). The van der Waals surface area contributed by atoms with Gasteiger partial charge in [0.25, 0.3) is 0 Å². The molecule has 10 aromatic rings. The Kier molecular flexibility index (Phi) is 7.85. The van der Waals surface area contributed by atoms with Crippen LogP contribution in [0.25, 0.3) is 54.6 Å². The molecule has 0 aliphatic carbocycles. The molecule has 1 N–H and O–H groups in total. The molecular weight excluding hydrogens is 677 g/mol. The number of nitrogens with one attached hydrogen (secondary N) is 1. The van der Waals surface area contributed by atoms with Gasteiger partial charge in [-0.1, -0.05) is 146 Å². The van der Waals surface area contributed by atoms with Crippen molar-refractivity contribution in [2.24, 2.45) is 9.98 Å². The summed E-state index contributed by atoms with van der Waals surface area (Å²) in [4.78, 5) is 12.0. The van der Waals surface area contributed by atoms with Crippen molar-refractivity contribution in [3.63, 3.8) is 0 Å². The first-order chi connectivity index (χ1) is 27.2. The third-order valence-electron chi connectivity index (χ3n) is 10.0. The second kappa shape index (κ2) is 13.4. The first-order valence-electron chi connectivity index (χ1n) is 18.2. The van der Waals surface area contributed by atoms with Gasteiger partial charge in [0, 0.05) is 60.9 Å². The predicted octanol–water partition coefficient (Wildman–Crippen LogP) is 13.0. The molecule has 0 aliphatic heterocycles. The topological polar surface area (TPSA) is 78.1 Å². The van der Waals surface area contributed by atoms with Crippen LogP contribution in [0.1, 0.15) is 16.7 Å². The Morgan fingerprint density at radius 2 is 1.07 bits per heavy atom. The average molecular weight is 709 g/mol. The molecule has 8 aromatic carbocycles. The summed E-state index contributed by atoms with van der Waals surface area (Å²) in [5.74, 6) is 0.583. The predicted molar refractivity (Wildman–Crippen MR) is 227 cm³/mol. The van der Waals surface area contributed by atoms with E-state index < -0.39 is 0 Å². The number of hydrogen-bond donors (Lipinski definition) is 1. The Balaban J connectivity index is 1.20. The van der Waals surface area contributed by atoms with Crippen LogP contribution in [0.3, 0.4) is 0 Å². The maximum absolute atomic E-state index is 8.78. The Hall–Kier alpha value is -7.57. The van der Waals surface area contributed by atoms with Crippen molar-refractivity contribution in [3.05, 3.63) is 199 Å². The molecule has 0 fully saturated rings. The van der Waals surface area contributed by atoms with Crippen LogP contribution >= 0.6 is 0 Å². The Morgan fingerprint density at radius 1 is 0.491 bits per heavy atom. The zero-order chi connectivity index (χ0) is 36.7. The van der Waals surface area contributed by atoms with Crippen molar-refractivity contribution in [2.75, 3.05) is 4.90 Å². The van der Waals surface area contributed by atoms with Crippen molar-refractivity contribution in [1.29, 1.82) is 5.41 Å². The van der Waals surface area contributed by atoms with Gasteiger partial charge in [-0.2, -0.15) is 0 Å². The van der Waals surface area contributed by atoms with Crippen LogP contribution in [0.4, 0.5) is 17.1 Å². The molecule has 2 aromatic heterocycles. The number of aliphatic imine (C=N–C) groups is 2. The summed E-state index contributed by atoms with van der Waals surface area (Å²) in [5, 5.41) is 14.9. The first-order valence-corrected chi connectivity index (χ1v) is 18.2. The van der Waals surface area contributed by atoms with E-state index in [1.807, 2.05) is 109 Å². The molecule has 0 aliphatic rings. The van der Waals surface area contributed by atoms with Gasteiger partial charge < -0.3 is 13.7 Å². The number of nitrogens with zero attached hydrogens (tertiary/aromatic N) is 3. The number of furan rings is 2. The van der Waals surface area contributed by atoms with E-state index in [0.29, 0.717) is 5.84 Å². The van der Waals surface area contributed by atoms with Gasteiger partial charge >= 0.3 is 0 Å². The fraction of sp³-hybridized carbons (Fsp3) is 0. The SMILES string of the molecule is N=C(/N=C(\N=C\c1cccc2oc3c4ccccc4c(N(c4ccccc4)c4cccc5c4oc4ccccc45)cc3c12)c1ccccc1)c1ccccc1. The molecule has 0 bridgehead atoms. The van der Waals surface area contributed by atoms with Crippen LogP contribution in [0, 0.1) is 5.41 Å². The lowest BCUT2D eigenvalue weighted by Crippen LogP contribution is -2.10. The lowest BCUT2D eigenvalue weighted by atomic mass is 10.00. The van der Waals surface area contributed by atoms with Crippen LogP contribution in [0.15, 0.2) is 201 Å². The third kappa shape index (κ3) is 5.64. The van der Waals surface area contributed by atoms with Crippen molar-refractivity contribution in [1.82, 2.24) is 0 Å². The fourth-order valence-corrected chi connectivity index (χ4v) is 7.49. The van der Waals surface area contributed by atoms with Gasteiger partial charge in [-0.15, -0.1) is 0 Å². The molecule has 2 heterocycles. The van der Waals surface area contributed by atoms with Gasteiger partial charge in [-0.25, -0.2) is 9.98 Å². The van der Waals surface area contributed by atoms with Crippen molar-refractivity contribution in [3.8, 4) is 0 Å². The Labute approximate surface area is 316 Å². The summed E-state index contributed by atoms with van der Waals surface area (Å²) >= 11 is 0. The van der Waals surface area contributed by atoms with Gasteiger partial charge in [0.2, 0.25) is 0 Å². The maximum atomic E-state index is 8.78. The largest absolute Gasteiger partial charge is 0.455 e. The van der Waals surface area contributed by atoms with Gasteiger partial charge in [0.15, 0.2) is 17.3 Å². The maximum Gasteiger partial charge on any atom is 0.161 e. The number of benzene rings is 8. The third-order valence-corrected chi connectivity index (χ3v) is 10.0. The minimum atomic E-state index is 0.139. The molecule has 6 nitrogen and oxygen atoms in total. The average Bonchev–Trinajstić information content (AvgIpc) is 3.83. The number of para-hydroxylation sites is 3. The highest BCUT2D eigenvalue weighted by molar-refractivity contribution is 6.24. The van der Waals surface area contributed by atoms with E-state index in [0.717, 1.165) is 88.4 Å². The molecule has 0 saturated heterocycles. The molecular formula is C49H32N4O2. The summed E-state index contributed by atoms with van der Waals surface area (Å²) in [6.07, 6.45) is 1.83.